The highest BCUT2D eigenvalue weighted by Gasteiger charge is 2.38. The third kappa shape index (κ3) is 8.34. The summed E-state index contributed by atoms with van der Waals surface area (Å²) in [5, 5.41) is 31.4. The molecule has 0 aromatic carbocycles. The Balaban J connectivity index is 2.90. The molecule has 0 spiro atoms. The van der Waals surface area contributed by atoms with E-state index in [0.717, 1.165) is 0 Å². The van der Waals surface area contributed by atoms with Crippen LogP contribution in [0.1, 0.15) is 32.1 Å². The maximum absolute atomic E-state index is 12.8. The van der Waals surface area contributed by atoms with Crippen molar-refractivity contribution in [1.82, 2.24) is 15.5 Å². The molecule has 1 aliphatic rings. The number of rotatable bonds is 13. The van der Waals surface area contributed by atoms with Crippen molar-refractivity contribution in [3.63, 3.8) is 0 Å². The molecule has 4 unspecified atom stereocenters. The normalized spacial score (nSPS) is 18.3. The number of carbonyl (C=O) groups is 6. The summed E-state index contributed by atoms with van der Waals surface area (Å²) in [6, 6.07) is -5.10. The van der Waals surface area contributed by atoms with Gasteiger partial charge in [-0.3, -0.25) is 24.0 Å². The van der Waals surface area contributed by atoms with E-state index in [1.807, 2.05) is 0 Å². The molecule has 0 saturated carbocycles. The molecule has 1 aliphatic heterocycles. The van der Waals surface area contributed by atoms with E-state index in [0.29, 0.717) is 12.2 Å². The van der Waals surface area contributed by atoms with Crippen LogP contribution in [-0.2, 0) is 28.8 Å². The van der Waals surface area contributed by atoms with Crippen molar-refractivity contribution in [1.29, 1.82) is 0 Å². The second-order valence-corrected chi connectivity index (χ2v) is 8.22. The first-order chi connectivity index (χ1) is 15.0. The molecule has 32 heavy (non-hydrogen) atoms. The molecule has 7 N–H and O–H groups in total. The Labute approximate surface area is 188 Å². The van der Waals surface area contributed by atoms with E-state index in [1.54, 1.807) is 6.26 Å². The Morgan fingerprint density at radius 3 is 2.19 bits per heavy atom. The Morgan fingerprint density at radius 1 is 1.03 bits per heavy atom. The number of carbonyl (C=O) groups excluding carboxylic acids is 3. The van der Waals surface area contributed by atoms with Gasteiger partial charge in [0.15, 0.2) is 0 Å². The molecular formula is C18H28N4O9S. The molecule has 14 heteroatoms. The maximum Gasteiger partial charge on any atom is 0.326 e. The zero-order chi connectivity index (χ0) is 24.4. The van der Waals surface area contributed by atoms with Crippen molar-refractivity contribution in [3.05, 3.63) is 0 Å². The second kappa shape index (κ2) is 12.9. The number of amides is 3. The summed E-state index contributed by atoms with van der Waals surface area (Å²) in [6.45, 7) is 0.200. The first-order valence-corrected chi connectivity index (χ1v) is 11.2. The molecule has 13 nitrogen and oxygen atoms in total. The summed E-state index contributed by atoms with van der Waals surface area (Å²) in [5.74, 6) is -5.98. The zero-order valence-corrected chi connectivity index (χ0v) is 18.3. The van der Waals surface area contributed by atoms with Crippen molar-refractivity contribution in [3.8, 4) is 0 Å². The minimum Gasteiger partial charge on any atom is -0.481 e. The number of carboxylic acids is 3. The first kappa shape index (κ1) is 27.2. The molecular weight excluding hydrogens is 448 g/mol. The second-order valence-electron chi connectivity index (χ2n) is 7.23. The summed E-state index contributed by atoms with van der Waals surface area (Å²) < 4.78 is 0. The lowest BCUT2D eigenvalue weighted by atomic mass is 10.1. The maximum atomic E-state index is 12.8. The summed E-state index contributed by atoms with van der Waals surface area (Å²) in [5.41, 5.74) is 5.62. The van der Waals surface area contributed by atoms with Gasteiger partial charge in [-0.15, -0.1) is 0 Å². The molecule has 4 atom stereocenters. The van der Waals surface area contributed by atoms with Crippen molar-refractivity contribution in [2.24, 2.45) is 5.73 Å². The zero-order valence-electron chi connectivity index (χ0n) is 17.5. The van der Waals surface area contributed by atoms with Gasteiger partial charge in [-0.25, -0.2) is 4.79 Å². The number of nitrogens with two attached hydrogens (primary N) is 1. The molecule has 0 aromatic heterocycles. The predicted octanol–water partition coefficient (Wildman–Crippen LogP) is -1.94. The van der Waals surface area contributed by atoms with Crippen LogP contribution >= 0.6 is 11.8 Å². The van der Waals surface area contributed by atoms with E-state index in [4.69, 9.17) is 21.1 Å². The van der Waals surface area contributed by atoms with E-state index in [-0.39, 0.29) is 19.4 Å². The van der Waals surface area contributed by atoms with Gasteiger partial charge in [-0.1, -0.05) is 0 Å². The minimum atomic E-state index is -1.67. The standard InChI is InChI=1S/C18H28N4O9S/c1-32-6-4-10(15(27)21-11(18(30)31)8-14(25)26)20-16(28)12-3-2-5-22(12)17(29)9(19)7-13(23)24/h9-12H,2-8,19H2,1H3,(H,20,28)(H,21,27)(H,23,24)(H,25,26)(H,30,31). The predicted molar refractivity (Wildman–Crippen MR) is 112 cm³/mol. The molecule has 1 saturated heterocycles. The summed E-state index contributed by atoms with van der Waals surface area (Å²) in [6.07, 6.45) is 1.23. The number of carboxylic acid groups (broad SMARTS) is 3. The van der Waals surface area contributed by atoms with Crippen molar-refractivity contribution in [2.75, 3.05) is 18.6 Å². The lowest BCUT2D eigenvalue weighted by molar-refractivity contribution is -0.147. The van der Waals surface area contributed by atoms with Crippen LogP contribution in [0.3, 0.4) is 0 Å². The van der Waals surface area contributed by atoms with E-state index in [2.05, 4.69) is 10.6 Å². The van der Waals surface area contributed by atoms with Gasteiger partial charge in [0, 0.05) is 6.54 Å². The Kier molecular flexibility index (Phi) is 10.9. The van der Waals surface area contributed by atoms with Crippen LogP contribution in [0.4, 0.5) is 0 Å². The van der Waals surface area contributed by atoms with Gasteiger partial charge in [0.25, 0.3) is 0 Å². The van der Waals surface area contributed by atoms with Gasteiger partial charge < -0.3 is 36.6 Å². The van der Waals surface area contributed by atoms with Gasteiger partial charge >= 0.3 is 17.9 Å². The highest BCUT2D eigenvalue weighted by atomic mass is 32.2. The topological polar surface area (TPSA) is 216 Å². The molecule has 180 valence electrons. The number of nitrogens with zero attached hydrogens (tertiary/aromatic N) is 1. The number of aliphatic carboxylic acids is 3. The SMILES string of the molecule is CSCCC(NC(=O)C1CCCN1C(=O)C(N)CC(=O)O)C(=O)NC(CC(=O)O)C(=O)O. The van der Waals surface area contributed by atoms with Crippen molar-refractivity contribution in [2.45, 2.75) is 56.3 Å². The smallest absolute Gasteiger partial charge is 0.326 e. The molecule has 1 fully saturated rings. The van der Waals surface area contributed by atoms with Crippen LogP contribution in [0.5, 0.6) is 0 Å². The molecule has 0 bridgehead atoms. The van der Waals surface area contributed by atoms with Crippen LogP contribution in [-0.4, -0.2) is 98.6 Å². The summed E-state index contributed by atoms with van der Waals surface area (Å²) in [7, 11) is 0. The molecule has 1 rings (SSSR count). The van der Waals surface area contributed by atoms with Gasteiger partial charge in [0.2, 0.25) is 17.7 Å². The molecule has 0 radical (unpaired) electrons. The molecule has 0 aliphatic carbocycles. The Bertz CT molecular complexity index is 748. The van der Waals surface area contributed by atoms with Crippen LogP contribution in [0.25, 0.3) is 0 Å². The molecule has 3 amide bonds. The van der Waals surface area contributed by atoms with Crippen LogP contribution < -0.4 is 16.4 Å². The minimum absolute atomic E-state index is 0.136. The fraction of sp³-hybridized carbons (Fsp3) is 0.667. The number of thioether (sulfide) groups is 1. The highest BCUT2D eigenvalue weighted by Crippen LogP contribution is 2.19. The number of likely N-dealkylation sites (tertiary alicyclic amines) is 1. The van der Waals surface area contributed by atoms with Crippen molar-refractivity contribution < 1.29 is 44.1 Å². The average molecular weight is 477 g/mol. The largest absolute Gasteiger partial charge is 0.481 e. The van der Waals surface area contributed by atoms with Crippen molar-refractivity contribution >= 4 is 47.4 Å². The van der Waals surface area contributed by atoms with Crippen LogP contribution in [0.15, 0.2) is 0 Å². The lowest BCUT2D eigenvalue weighted by Crippen LogP contribution is -2.57. The van der Waals surface area contributed by atoms with Gasteiger partial charge in [0.05, 0.1) is 18.9 Å². The quantitative estimate of drug-likeness (QED) is 0.172. The third-order valence-corrected chi connectivity index (χ3v) is 5.43. The number of nitrogens with one attached hydrogen (secondary N) is 2. The first-order valence-electron chi connectivity index (χ1n) is 9.80. The van der Waals surface area contributed by atoms with E-state index >= 15 is 0 Å². The Morgan fingerprint density at radius 2 is 1.66 bits per heavy atom. The van der Waals surface area contributed by atoms with E-state index in [9.17, 15) is 28.8 Å². The number of hydrogen-bond donors (Lipinski definition) is 6. The fourth-order valence-electron chi connectivity index (χ4n) is 3.21. The Hall–Kier alpha value is -2.87. The van der Waals surface area contributed by atoms with Crippen LogP contribution in [0.2, 0.25) is 0 Å². The monoisotopic (exact) mass is 476 g/mol. The highest BCUT2D eigenvalue weighted by molar-refractivity contribution is 7.98. The fourth-order valence-corrected chi connectivity index (χ4v) is 3.68. The third-order valence-electron chi connectivity index (χ3n) is 4.79. The van der Waals surface area contributed by atoms with E-state index < -0.39 is 72.6 Å². The van der Waals surface area contributed by atoms with Gasteiger partial charge in [-0.2, -0.15) is 11.8 Å². The number of hydrogen-bond acceptors (Lipinski definition) is 8. The summed E-state index contributed by atoms with van der Waals surface area (Å²) in [4.78, 5) is 71.9. The lowest BCUT2D eigenvalue weighted by Gasteiger charge is -2.28. The molecule has 0 aromatic rings. The van der Waals surface area contributed by atoms with Gasteiger partial charge in [0.1, 0.15) is 18.1 Å². The average Bonchev–Trinajstić information content (AvgIpc) is 3.18. The summed E-state index contributed by atoms with van der Waals surface area (Å²) >= 11 is 1.38. The molecule has 1 heterocycles. The van der Waals surface area contributed by atoms with Crippen LogP contribution in [0, 0.1) is 0 Å². The van der Waals surface area contributed by atoms with E-state index in [1.165, 1.54) is 16.7 Å². The van der Waals surface area contributed by atoms with Gasteiger partial charge in [-0.05, 0) is 31.3 Å².